The molecular formula is C26H25NO6. The molecule has 33 heavy (non-hydrogen) atoms. The van der Waals surface area contributed by atoms with E-state index >= 15 is 0 Å². The molecule has 7 heteroatoms. The van der Waals surface area contributed by atoms with E-state index in [9.17, 15) is 9.59 Å². The molecule has 1 unspecified atom stereocenters. The summed E-state index contributed by atoms with van der Waals surface area (Å²) in [6.07, 6.45) is -0.112. The molecular weight excluding hydrogens is 422 g/mol. The van der Waals surface area contributed by atoms with E-state index in [-0.39, 0.29) is 6.61 Å². The Hall–Kier alpha value is -3.84. The second-order valence-corrected chi connectivity index (χ2v) is 7.83. The van der Waals surface area contributed by atoms with Gasteiger partial charge in [-0.25, -0.2) is 9.59 Å². The highest BCUT2D eigenvalue weighted by molar-refractivity contribution is 5.68. The Morgan fingerprint density at radius 2 is 1.76 bits per heavy atom. The summed E-state index contributed by atoms with van der Waals surface area (Å²) < 4.78 is 10.9. The number of hydroxylamine groups is 2. The van der Waals surface area contributed by atoms with E-state index < -0.39 is 24.8 Å². The number of carbonyl (C=O) groups is 2. The van der Waals surface area contributed by atoms with Gasteiger partial charge in [-0.1, -0.05) is 72.3 Å². The third-order valence-corrected chi connectivity index (χ3v) is 5.44. The lowest BCUT2D eigenvalue weighted by molar-refractivity contribution is -0.152. The topological polar surface area (TPSA) is 85.3 Å². The minimum atomic E-state index is -1.07. The molecule has 0 radical (unpaired) electrons. The molecule has 4 rings (SSSR count). The average Bonchev–Trinajstić information content (AvgIpc) is 2.82. The van der Waals surface area contributed by atoms with Crippen molar-refractivity contribution in [1.29, 1.82) is 0 Å². The number of aryl methyl sites for hydroxylation is 1. The summed E-state index contributed by atoms with van der Waals surface area (Å²) in [6, 6.07) is 22.4. The SMILES string of the molecule is Cc1ccc(OCC(=O)O)c(C2c3ccccc3CCN2OC(=O)OCc2ccccc2)c1. The third-order valence-electron chi connectivity index (χ3n) is 5.44. The highest BCUT2D eigenvalue weighted by Gasteiger charge is 2.34. The number of rotatable bonds is 7. The summed E-state index contributed by atoms with van der Waals surface area (Å²) in [5.41, 5.74) is 4.65. The fourth-order valence-electron chi connectivity index (χ4n) is 3.96. The molecule has 1 aliphatic rings. The molecule has 1 heterocycles. The van der Waals surface area contributed by atoms with Gasteiger partial charge < -0.3 is 19.4 Å². The normalized spacial score (nSPS) is 15.4. The molecule has 0 bridgehead atoms. The monoisotopic (exact) mass is 447 g/mol. The Kier molecular flexibility index (Phi) is 6.90. The van der Waals surface area contributed by atoms with Crippen LogP contribution in [0.25, 0.3) is 0 Å². The summed E-state index contributed by atoms with van der Waals surface area (Å²) in [4.78, 5) is 29.3. The zero-order chi connectivity index (χ0) is 23.2. The van der Waals surface area contributed by atoms with Crippen LogP contribution >= 0.6 is 0 Å². The molecule has 0 aliphatic carbocycles. The lowest BCUT2D eigenvalue weighted by Gasteiger charge is -2.36. The summed E-state index contributed by atoms with van der Waals surface area (Å²) in [5.74, 6) is -0.640. The standard InChI is InChI=1S/C26H25NO6/c1-18-11-12-23(31-17-24(28)29)22(15-18)25-21-10-6-5-9-20(21)13-14-27(25)33-26(30)32-16-19-7-3-2-4-8-19/h2-12,15,25H,13-14,16-17H2,1H3,(H,28,29). The summed E-state index contributed by atoms with van der Waals surface area (Å²) >= 11 is 0. The van der Waals surface area contributed by atoms with Gasteiger partial charge in [0.1, 0.15) is 12.4 Å². The van der Waals surface area contributed by atoms with Gasteiger partial charge in [-0.3, -0.25) is 0 Å². The molecule has 3 aromatic carbocycles. The Morgan fingerprint density at radius 3 is 2.55 bits per heavy atom. The van der Waals surface area contributed by atoms with Crippen molar-refractivity contribution in [3.05, 3.63) is 101 Å². The maximum absolute atomic E-state index is 12.5. The van der Waals surface area contributed by atoms with Crippen LogP contribution in [-0.4, -0.2) is 35.4 Å². The van der Waals surface area contributed by atoms with Crippen LogP contribution in [0.2, 0.25) is 0 Å². The second-order valence-electron chi connectivity index (χ2n) is 7.83. The fraction of sp³-hybridized carbons (Fsp3) is 0.231. The molecule has 0 aromatic heterocycles. The zero-order valence-corrected chi connectivity index (χ0v) is 18.3. The van der Waals surface area contributed by atoms with Crippen molar-refractivity contribution in [1.82, 2.24) is 5.06 Å². The molecule has 1 N–H and O–H groups in total. The molecule has 0 fully saturated rings. The Labute approximate surface area is 192 Å². The second kappa shape index (κ2) is 10.2. The van der Waals surface area contributed by atoms with Gasteiger partial charge in [-0.15, -0.1) is 5.06 Å². The minimum Gasteiger partial charge on any atom is -0.482 e. The molecule has 1 atom stereocenters. The first-order chi connectivity index (χ1) is 16.0. The van der Waals surface area contributed by atoms with Crippen LogP contribution in [0.4, 0.5) is 4.79 Å². The number of hydrogen-bond acceptors (Lipinski definition) is 6. The lowest BCUT2D eigenvalue weighted by Crippen LogP contribution is -2.38. The quantitative estimate of drug-likeness (QED) is 0.527. The maximum Gasteiger partial charge on any atom is 0.528 e. The zero-order valence-electron chi connectivity index (χ0n) is 18.3. The third kappa shape index (κ3) is 5.51. The van der Waals surface area contributed by atoms with Gasteiger partial charge in [-0.2, -0.15) is 0 Å². The van der Waals surface area contributed by atoms with Crippen molar-refractivity contribution in [2.24, 2.45) is 0 Å². The Morgan fingerprint density at radius 1 is 1.00 bits per heavy atom. The highest BCUT2D eigenvalue weighted by atomic mass is 16.8. The molecule has 0 spiro atoms. The van der Waals surface area contributed by atoms with Gasteiger partial charge in [-0.05, 0) is 36.1 Å². The number of aliphatic carboxylic acids is 1. The minimum absolute atomic E-state index is 0.103. The Balaban J connectivity index is 1.62. The van der Waals surface area contributed by atoms with E-state index in [1.165, 1.54) is 0 Å². The molecule has 170 valence electrons. The van der Waals surface area contributed by atoms with Crippen molar-refractivity contribution in [2.45, 2.75) is 26.0 Å². The van der Waals surface area contributed by atoms with E-state index in [0.717, 1.165) is 27.8 Å². The maximum atomic E-state index is 12.5. The van der Waals surface area contributed by atoms with Gasteiger partial charge in [0.25, 0.3) is 0 Å². The van der Waals surface area contributed by atoms with Crippen LogP contribution in [0.15, 0.2) is 72.8 Å². The summed E-state index contributed by atoms with van der Waals surface area (Å²) in [5, 5.41) is 10.7. The van der Waals surface area contributed by atoms with Crippen molar-refractivity contribution < 1.29 is 29.0 Å². The van der Waals surface area contributed by atoms with E-state index in [0.29, 0.717) is 18.7 Å². The smallest absolute Gasteiger partial charge is 0.482 e. The van der Waals surface area contributed by atoms with Crippen molar-refractivity contribution >= 4 is 12.1 Å². The van der Waals surface area contributed by atoms with E-state index in [4.69, 9.17) is 19.4 Å². The molecule has 1 aliphatic heterocycles. The van der Waals surface area contributed by atoms with Crippen molar-refractivity contribution in [2.75, 3.05) is 13.2 Å². The van der Waals surface area contributed by atoms with Crippen molar-refractivity contribution in [3.63, 3.8) is 0 Å². The first-order valence-corrected chi connectivity index (χ1v) is 10.7. The number of carboxylic acid groups (broad SMARTS) is 1. The van der Waals surface area contributed by atoms with Gasteiger partial charge >= 0.3 is 12.1 Å². The number of carbonyl (C=O) groups excluding carboxylic acids is 1. The van der Waals surface area contributed by atoms with Gasteiger partial charge in [0.05, 0.1) is 6.04 Å². The highest BCUT2D eigenvalue weighted by Crippen LogP contribution is 2.40. The van der Waals surface area contributed by atoms with Crippen LogP contribution in [0.5, 0.6) is 5.75 Å². The molecule has 0 amide bonds. The first kappa shape index (κ1) is 22.4. The number of nitrogens with zero attached hydrogens (tertiary/aromatic N) is 1. The number of benzene rings is 3. The molecule has 0 saturated heterocycles. The van der Waals surface area contributed by atoms with Crippen LogP contribution in [0, 0.1) is 6.92 Å². The lowest BCUT2D eigenvalue weighted by atomic mass is 9.88. The van der Waals surface area contributed by atoms with E-state index in [1.807, 2.05) is 73.7 Å². The first-order valence-electron chi connectivity index (χ1n) is 10.7. The fourth-order valence-corrected chi connectivity index (χ4v) is 3.96. The van der Waals surface area contributed by atoms with E-state index in [2.05, 4.69) is 0 Å². The van der Waals surface area contributed by atoms with Crippen LogP contribution in [0.1, 0.15) is 33.9 Å². The van der Waals surface area contributed by atoms with Gasteiger partial charge in [0.15, 0.2) is 6.61 Å². The van der Waals surface area contributed by atoms with Gasteiger partial charge in [0, 0.05) is 12.1 Å². The van der Waals surface area contributed by atoms with Crippen LogP contribution in [0.3, 0.4) is 0 Å². The number of carboxylic acids is 1. The molecule has 7 nitrogen and oxygen atoms in total. The summed E-state index contributed by atoms with van der Waals surface area (Å²) in [6.45, 7) is 2.03. The largest absolute Gasteiger partial charge is 0.528 e. The molecule has 0 saturated carbocycles. The number of hydrogen-bond donors (Lipinski definition) is 1. The average molecular weight is 447 g/mol. The van der Waals surface area contributed by atoms with Gasteiger partial charge in [0.2, 0.25) is 0 Å². The predicted molar refractivity (Wildman–Crippen MR) is 121 cm³/mol. The number of ether oxygens (including phenoxy) is 2. The number of fused-ring (bicyclic) bond motifs is 1. The summed E-state index contributed by atoms with van der Waals surface area (Å²) in [7, 11) is 0. The van der Waals surface area contributed by atoms with Crippen LogP contribution < -0.4 is 4.74 Å². The predicted octanol–water partition coefficient (Wildman–Crippen LogP) is 4.67. The Bertz CT molecular complexity index is 1130. The van der Waals surface area contributed by atoms with Crippen LogP contribution in [-0.2, 0) is 27.4 Å². The van der Waals surface area contributed by atoms with E-state index in [1.54, 1.807) is 11.1 Å². The molecule has 3 aromatic rings. The van der Waals surface area contributed by atoms with Crippen molar-refractivity contribution in [3.8, 4) is 5.75 Å².